The molecule has 1 aromatic rings. The van der Waals surface area contributed by atoms with Crippen LogP contribution in [0.2, 0.25) is 0 Å². The van der Waals surface area contributed by atoms with E-state index in [9.17, 15) is 9.59 Å². The number of benzene rings is 1. The first-order valence-corrected chi connectivity index (χ1v) is 6.58. The number of rotatable bonds is 3. The van der Waals surface area contributed by atoms with Crippen LogP contribution in [-0.4, -0.2) is 24.2 Å². The molecule has 0 fully saturated rings. The number of nitrogens with one attached hydrogen (secondary N) is 2. The molecule has 0 spiro atoms. The molecule has 0 radical (unpaired) electrons. The van der Waals surface area contributed by atoms with E-state index in [-0.39, 0.29) is 11.2 Å². The Hall–Kier alpha value is -1.49. The van der Waals surface area contributed by atoms with Gasteiger partial charge in [0.05, 0.1) is 5.25 Å². The Balaban J connectivity index is 2.69. The molecule has 0 aliphatic heterocycles. The lowest BCUT2D eigenvalue weighted by atomic mass is 10.2. The summed E-state index contributed by atoms with van der Waals surface area (Å²) in [6.07, 6.45) is 0. The molecule has 4 nitrogen and oxygen atoms in total. The fourth-order valence-electron chi connectivity index (χ4n) is 1.35. The van der Waals surface area contributed by atoms with Crippen molar-refractivity contribution >= 4 is 23.7 Å². The smallest absolute Gasteiger partial charge is 0.321 e. The molecule has 3 amide bonds. The van der Waals surface area contributed by atoms with Gasteiger partial charge >= 0.3 is 6.03 Å². The zero-order valence-corrected chi connectivity index (χ0v) is 11.9. The van der Waals surface area contributed by atoms with E-state index in [1.807, 2.05) is 32.0 Å². The maximum absolute atomic E-state index is 11.7. The number of carbonyl (C=O) groups excluding carboxylic acids is 2. The number of thioether (sulfide) groups is 1. The molecule has 1 rings (SSSR count). The first kappa shape index (κ1) is 14.6. The molecule has 98 valence electrons. The lowest BCUT2D eigenvalue weighted by Crippen LogP contribution is -2.41. The Morgan fingerprint density at radius 3 is 2.56 bits per heavy atom. The van der Waals surface area contributed by atoms with Crippen LogP contribution >= 0.6 is 11.8 Å². The molecule has 0 saturated heterocycles. The van der Waals surface area contributed by atoms with Crippen molar-refractivity contribution in [3.8, 4) is 0 Å². The van der Waals surface area contributed by atoms with Gasteiger partial charge in [-0.3, -0.25) is 10.1 Å². The minimum absolute atomic E-state index is 0.291. The van der Waals surface area contributed by atoms with Crippen LogP contribution in [0.1, 0.15) is 18.1 Å². The maximum Gasteiger partial charge on any atom is 0.321 e. The molecule has 0 aromatic heterocycles. The molecule has 0 unspecified atom stereocenters. The summed E-state index contributed by atoms with van der Waals surface area (Å²) in [5.41, 5.74) is 2.28. The van der Waals surface area contributed by atoms with E-state index < -0.39 is 6.03 Å². The van der Waals surface area contributed by atoms with Gasteiger partial charge in [0, 0.05) is 11.9 Å². The van der Waals surface area contributed by atoms with Gasteiger partial charge in [-0.25, -0.2) is 4.79 Å². The fraction of sp³-hybridized carbons (Fsp3) is 0.385. The largest absolute Gasteiger partial charge is 0.341 e. The van der Waals surface area contributed by atoms with Gasteiger partial charge in [0.25, 0.3) is 0 Å². The van der Waals surface area contributed by atoms with E-state index in [1.54, 1.807) is 6.92 Å². The Labute approximate surface area is 112 Å². The highest BCUT2D eigenvalue weighted by molar-refractivity contribution is 8.00. The topological polar surface area (TPSA) is 58.2 Å². The summed E-state index contributed by atoms with van der Waals surface area (Å²) in [4.78, 5) is 23.8. The number of hydrogen-bond donors (Lipinski definition) is 2. The van der Waals surface area contributed by atoms with Gasteiger partial charge in [-0.15, -0.1) is 11.8 Å². The zero-order valence-electron chi connectivity index (χ0n) is 11.0. The Kier molecular flexibility index (Phi) is 5.22. The molecule has 5 heteroatoms. The summed E-state index contributed by atoms with van der Waals surface area (Å²) in [5.74, 6) is -0.291. The van der Waals surface area contributed by atoms with Crippen molar-refractivity contribution in [3.05, 3.63) is 29.3 Å². The lowest BCUT2D eigenvalue weighted by Gasteiger charge is -2.13. The van der Waals surface area contributed by atoms with E-state index in [0.29, 0.717) is 0 Å². The predicted octanol–water partition coefficient (Wildman–Crippen LogP) is 2.24. The quantitative estimate of drug-likeness (QED) is 0.825. The van der Waals surface area contributed by atoms with E-state index in [0.717, 1.165) is 16.0 Å². The average Bonchev–Trinajstić information content (AvgIpc) is 2.33. The summed E-state index contributed by atoms with van der Waals surface area (Å²) >= 11 is 1.45. The van der Waals surface area contributed by atoms with Crippen molar-refractivity contribution < 1.29 is 9.59 Å². The second kappa shape index (κ2) is 6.44. The van der Waals surface area contributed by atoms with E-state index in [2.05, 4.69) is 10.6 Å². The third-order valence-corrected chi connectivity index (χ3v) is 3.74. The monoisotopic (exact) mass is 266 g/mol. The van der Waals surface area contributed by atoms with Crippen molar-refractivity contribution in [3.63, 3.8) is 0 Å². The highest BCUT2D eigenvalue weighted by Crippen LogP contribution is 2.27. The molecular weight excluding hydrogens is 248 g/mol. The Morgan fingerprint density at radius 2 is 1.94 bits per heavy atom. The molecule has 0 aliphatic rings. The van der Waals surface area contributed by atoms with Crippen LogP contribution in [0, 0.1) is 13.8 Å². The van der Waals surface area contributed by atoms with Gasteiger partial charge in [0.2, 0.25) is 5.91 Å². The van der Waals surface area contributed by atoms with E-state index in [4.69, 9.17) is 0 Å². The second-order valence-electron chi connectivity index (χ2n) is 4.10. The van der Waals surface area contributed by atoms with Crippen molar-refractivity contribution in [1.82, 2.24) is 10.6 Å². The van der Waals surface area contributed by atoms with Crippen LogP contribution in [-0.2, 0) is 4.79 Å². The van der Waals surface area contributed by atoms with Gasteiger partial charge in [-0.1, -0.05) is 17.7 Å². The zero-order chi connectivity index (χ0) is 13.7. The first-order chi connectivity index (χ1) is 8.43. The summed E-state index contributed by atoms with van der Waals surface area (Å²) in [6.45, 7) is 5.80. The fourth-order valence-corrected chi connectivity index (χ4v) is 2.41. The normalized spacial score (nSPS) is 11.8. The van der Waals surface area contributed by atoms with Gasteiger partial charge in [-0.2, -0.15) is 0 Å². The highest BCUT2D eigenvalue weighted by Gasteiger charge is 2.17. The molecule has 0 heterocycles. The first-order valence-electron chi connectivity index (χ1n) is 5.70. The molecule has 0 bridgehead atoms. The molecule has 1 aromatic carbocycles. The van der Waals surface area contributed by atoms with E-state index in [1.165, 1.54) is 18.8 Å². The van der Waals surface area contributed by atoms with Crippen LogP contribution in [0.25, 0.3) is 0 Å². The van der Waals surface area contributed by atoms with Crippen LogP contribution in [0.3, 0.4) is 0 Å². The number of aryl methyl sites for hydroxylation is 2. The van der Waals surface area contributed by atoms with Crippen LogP contribution < -0.4 is 10.6 Å². The molecular formula is C13H18N2O2S. The SMILES string of the molecule is CNC(=O)NC(=O)[C@H](C)Sc1cc(C)ccc1C. The van der Waals surface area contributed by atoms with Crippen molar-refractivity contribution in [2.24, 2.45) is 0 Å². The van der Waals surface area contributed by atoms with E-state index >= 15 is 0 Å². The highest BCUT2D eigenvalue weighted by atomic mass is 32.2. The van der Waals surface area contributed by atoms with Crippen molar-refractivity contribution in [2.45, 2.75) is 30.9 Å². The summed E-state index contributed by atoms with van der Waals surface area (Å²) < 4.78 is 0. The van der Waals surface area contributed by atoms with Crippen molar-refractivity contribution in [1.29, 1.82) is 0 Å². The maximum atomic E-state index is 11.7. The van der Waals surface area contributed by atoms with Crippen LogP contribution in [0.15, 0.2) is 23.1 Å². The molecule has 18 heavy (non-hydrogen) atoms. The molecule has 2 N–H and O–H groups in total. The van der Waals surface area contributed by atoms with Crippen molar-refractivity contribution in [2.75, 3.05) is 7.05 Å². The molecule has 0 aliphatic carbocycles. The van der Waals surface area contributed by atoms with Gasteiger partial charge in [-0.05, 0) is 32.4 Å². The number of carbonyl (C=O) groups is 2. The van der Waals surface area contributed by atoms with Gasteiger partial charge < -0.3 is 5.32 Å². The summed E-state index contributed by atoms with van der Waals surface area (Å²) in [5, 5.41) is 4.31. The van der Waals surface area contributed by atoms with Gasteiger partial charge in [0.1, 0.15) is 0 Å². The lowest BCUT2D eigenvalue weighted by molar-refractivity contribution is -0.119. The minimum Gasteiger partial charge on any atom is -0.341 e. The Morgan fingerprint density at radius 1 is 1.28 bits per heavy atom. The average molecular weight is 266 g/mol. The predicted molar refractivity (Wildman–Crippen MR) is 73.8 cm³/mol. The Bertz CT molecular complexity index is 460. The number of amides is 3. The minimum atomic E-state index is -0.478. The van der Waals surface area contributed by atoms with Gasteiger partial charge in [0.15, 0.2) is 0 Å². The standard InChI is InChI=1S/C13H18N2O2S/c1-8-5-6-9(2)11(7-8)18-10(3)12(16)15-13(17)14-4/h5-7,10H,1-4H3,(H2,14,15,16,17)/t10-/m0/s1. The molecule has 0 saturated carbocycles. The second-order valence-corrected chi connectivity index (χ2v) is 5.48. The number of imide groups is 1. The number of urea groups is 1. The van der Waals surface area contributed by atoms with Crippen LogP contribution in [0.5, 0.6) is 0 Å². The van der Waals surface area contributed by atoms with Crippen LogP contribution in [0.4, 0.5) is 4.79 Å². The summed E-state index contributed by atoms with van der Waals surface area (Å²) in [7, 11) is 1.48. The summed E-state index contributed by atoms with van der Waals surface area (Å²) in [6, 6.07) is 5.63. The third kappa shape index (κ3) is 4.07. The third-order valence-electron chi connectivity index (χ3n) is 2.48. The number of hydrogen-bond acceptors (Lipinski definition) is 3. The molecule has 1 atom stereocenters.